The molecule has 5 rings (SSSR count). The van der Waals surface area contributed by atoms with Crippen LogP contribution < -0.4 is 20.9 Å². The number of nitrogens with one attached hydrogen (secondary N) is 2. The largest absolute Gasteiger partial charge is 0.487 e. The number of carbonyl (C=O) groups excluding carboxylic acids is 1. The molecule has 0 radical (unpaired) electrons. The van der Waals surface area contributed by atoms with E-state index in [1.54, 1.807) is 27.1 Å². The molecule has 10 nitrogen and oxygen atoms in total. The number of halogens is 2. The number of ether oxygens (including phenoxy) is 1. The fourth-order valence-electron chi connectivity index (χ4n) is 6.45. The van der Waals surface area contributed by atoms with Gasteiger partial charge in [-0.05, 0) is 59.7 Å². The summed E-state index contributed by atoms with van der Waals surface area (Å²) in [4.78, 5) is 28.1. The highest BCUT2D eigenvalue weighted by Crippen LogP contribution is 2.37. The van der Waals surface area contributed by atoms with E-state index >= 15 is 0 Å². The van der Waals surface area contributed by atoms with Crippen molar-refractivity contribution in [1.82, 2.24) is 19.7 Å². The smallest absolute Gasteiger partial charge is 0.320 e. The third-order valence-electron chi connectivity index (χ3n) is 9.71. The van der Waals surface area contributed by atoms with E-state index in [2.05, 4.69) is 58.3 Å². The highest BCUT2D eigenvalue weighted by Gasteiger charge is 2.35. The first-order valence-corrected chi connectivity index (χ1v) is 25.0. The Labute approximate surface area is 354 Å². The van der Waals surface area contributed by atoms with Crippen molar-refractivity contribution in [2.24, 2.45) is 0 Å². The van der Waals surface area contributed by atoms with Crippen molar-refractivity contribution in [2.45, 2.75) is 96.3 Å². The molecule has 0 aliphatic heterocycles. The van der Waals surface area contributed by atoms with Gasteiger partial charge in [-0.1, -0.05) is 113 Å². The molecule has 3 aromatic carbocycles. The maximum Gasteiger partial charge on any atom is 0.320 e. The lowest BCUT2D eigenvalue weighted by molar-refractivity contribution is -0.0432. The Morgan fingerprint density at radius 2 is 1.56 bits per heavy atom. The van der Waals surface area contributed by atoms with E-state index < -0.39 is 37.3 Å². The number of benzene rings is 3. The average molecular weight is 867 g/mol. The summed E-state index contributed by atoms with van der Waals surface area (Å²) in [5.41, 5.74) is 4.73. The van der Waals surface area contributed by atoms with Crippen LogP contribution in [-0.4, -0.2) is 52.5 Å². The molecule has 2 amide bonds. The quantitative estimate of drug-likeness (QED) is 0.0582. The Bertz CT molecular complexity index is 2250. The first-order chi connectivity index (χ1) is 27.1. The standard InChI is InChI=1S/C42H53Cl2N5O5SSi2/c1-26-20-33(37(44)38(50)48(26)24-28-15-12-13-17-34(28)55-7)52-25-29-16-11-10-14-27(29)23-45-40(51)46-36-22-35(41(2,3)4)47-49(36)30-18-19-32(43)31(21-30)42(5,6)39(53-56-8)54-57-9/h10-22,39H,23-25,56-57H2,1-9H3,(H2,45,46,51). The predicted molar refractivity (Wildman–Crippen MR) is 239 cm³/mol. The number of carbonyl (C=O) groups is 1. The highest BCUT2D eigenvalue weighted by atomic mass is 35.5. The van der Waals surface area contributed by atoms with Gasteiger partial charge in [0.1, 0.15) is 29.5 Å². The SMILES string of the molecule is C[SiH2]OC(O[SiH2]C)C(C)(C)c1cc(-n2nc(C(C)(C)C)cc2NC(=O)NCc2ccccc2COc2cc(C)n(Cc3ccccc3SC)c(=O)c2Cl)ccc1Cl. The second-order valence-corrected chi connectivity index (χ2v) is 18.7. The number of aryl methyl sites for hydroxylation is 1. The molecular weight excluding hydrogens is 814 g/mol. The number of amides is 2. The Morgan fingerprint density at radius 3 is 2.21 bits per heavy atom. The average Bonchev–Trinajstić information content (AvgIpc) is 3.61. The Hall–Kier alpha value is -3.83. The van der Waals surface area contributed by atoms with E-state index in [9.17, 15) is 9.59 Å². The van der Waals surface area contributed by atoms with Crippen molar-refractivity contribution in [3.63, 3.8) is 0 Å². The van der Waals surface area contributed by atoms with Crippen LogP contribution in [0.4, 0.5) is 10.6 Å². The molecule has 5 aromatic rings. The molecule has 57 heavy (non-hydrogen) atoms. The summed E-state index contributed by atoms with van der Waals surface area (Å²) in [6.45, 7) is 17.2. The molecule has 2 aromatic heterocycles. The van der Waals surface area contributed by atoms with Gasteiger partial charge in [0, 0.05) is 45.1 Å². The van der Waals surface area contributed by atoms with E-state index in [4.69, 9.17) is 41.9 Å². The molecule has 0 saturated heterocycles. The zero-order valence-electron chi connectivity index (χ0n) is 34.2. The normalized spacial score (nSPS) is 12.8. The number of thioether (sulfide) groups is 1. The minimum atomic E-state index is -0.746. The molecular formula is C42H53Cl2N5O5SSi2. The lowest BCUT2D eigenvalue weighted by atomic mass is 9.83. The highest BCUT2D eigenvalue weighted by molar-refractivity contribution is 7.98. The summed E-state index contributed by atoms with van der Waals surface area (Å²) >= 11 is 15.1. The van der Waals surface area contributed by atoms with E-state index in [1.165, 1.54) is 0 Å². The molecule has 2 heterocycles. The van der Waals surface area contributed by atoms with E-state index in [-0.39, 0.29) is 29.1 Å². The number of anilines is 1. The molecule has 0 fully saturated rings. The van der Waals surface area contributed by atoms with Crippen LogP contribution in [0.25, 0.3) is 5.69 Å². The van der Waals surface area contributed by atoms with E-state index in [0.29, 0.717) is 23.1 Å². The lowest BCUT2D eigenvalue weighted by Gasteiger charge is -2.35. The fourth-order valence-corrected chi connectivity index (χ4v) is 9.45. The van der Waals surface area contributed by atoms with Crippen LogP contribution in [0.15, 0.2) is 88.6 Å². The minimum Gasteiger partial charge on any atom is -0.487 e. The number of aromatic nitrogens is 3. The van der Waals surface area contributed by atoms with Crippen molar-refractivity contribution in [2.75, 3.05) is 11.6 Å². The molecule has 0 bridgehead atoms. The van der Waals surface area contributed by atoms with Gasteiger partial charge in [0.15, 0.2) is 19.5 Å². The van der Waals surface area contributed by atoms with Crippen LogP contribution in [0.3, 0.4) is 0 Å². The van der Waals surface area contributed by atoms with Gasteiger partial charge in [0.2, 0.25) is 0 Å². The molecule has 0 saturated carbocycles. The summed E-state index contributed by atoms with van der Waals surface area (Å²) in [5.74, 6) is 0.809. The van der Waals surface area contributed by atoms with Crippen LogP contribution in [-0.2, 0) is 39.4 Å². The zero-order valence-corrected chi connectivity index (χ0v) is 39.3. The monoisotopic (exact) mass is 865 g/mol. The summed E-state index contributed by atoms with van der Waals surface area (Å²) in [7, 11) is -1.49. The van der Waals surface area contributed by atoms with Crippen LogP contribution in [0.1, 0.15) is 68.3 Å². The van der Waals surface area contributed by atoms with Crippen LogP contribution >= 0.6 is 35.0 Å². The van der Waals surface area contributed by atoms with Crippen molar-refractivity contribution >= 4 is 66.3 Å². The van der Waals surface area contributed by atoms with E-state index in [1.807, 2.05) is 86.0 Å². The first-order valence-electron chi connectivity index (χ1n) is 19.0. The Kier molecular flexibility index (Phi) is 15.0. The third kappa shape index (κ3) is 10.6. The first kappa shape index (κ1) is 44.3. The number of hydrogen-bond donors (Lipinski definition) is 2. The zero-order chi connectivity index (χ0) is 41.5. The summed E-state index contributed by atoms with van der Waals surface area (Å²) in [6, 6.07) is 24.7. The van der Waals surface area contributed by atoms with Gasteiger partial charge >= 0.3 is 6.03 Å². The number of pyridine rings is 1. The summed E-state index contributed by atoms with van der Waals surface area (Å²) in [5, 5.41) is 11.6. The van der Waals surface area contributed by atoms with Gasteiger partial charge in [-0.25, -0.2) is 9.48 Å². The van der Waals surface area contributed by atoms with E-state index in [0.717, 1.165) is 44.2 Å². The molecule has 0 aliphatic rings. The second-order valence-electron chi connectivity index (χ2n) is 15.2. The number of urea groups is 1. The van der Waals surface area contributed by atoms with Gasteiger partial charge < -0.3 is 23.5 Å². The molecule has 304 valence electrons. The number of hydrogen-bond acceptors (Lipinski definition) is 7. The maximum absolute atomic E-state index is 13.6. The number of nitrogens with zero attached hydrogens (tertiary/aromatic N) is 3. The molecule has 0 spiro atoms. The van der Waals surface area contributed by atoms with Crippen LogP contribution in [0.5, 0.6) is 5.75 Å². The molecule has 0 unspecified atom stereocenters. The van der Waals surface area contributed by atoms with Crippen molar-refractivity contribution in [3.8, 4) is 11.4 Å². The topological polar surface area (TPSA) is 109 Å². The third-order valence-corrected chi connectivity index (χ3v) is 12.5. The van der Waals surface area contributed by atoms with Crippen LogP contribution in [0, 0.1) is 6.92 Å². The van der Waals surface area contributed by atoms with Crippen LogP contribution in [0.2, 0.25) is 23.1 Å². The van der Waals surface area contributed by atoms with Gasteiger partial charge in [-0.2, -0.15) is 5.10 Å². The Morgan fingerprint density at radius 1 is 0.912 bits per heavy atom. The van der Waals surface area contributed by atoms with Crippen molar-refractivity contribution < 1.29 is 18.4 Å². The summed E-state index contributed by atoms with van der Waals surface area (Å²) in [6.07, 6.45) is 1.61. The van der Waals surface area contributed by atoms with Gasteiger partial charge in [-0.15, -0.1) is 11.8 Å². The maximum atomic E-state index is 13.6. The fraction of sp³-hybridized carbons (Fsp3) is 0.357. The number of rotatable bonds is 16. The second kappa shape index (κ2) is 19.3. The van der Waals surface area contributed by atoms with Gasteiger partial charge in [-0.3, -0.25) is 10.1 Å². The molecule has 0 aliphatic carbocycles. The van der Waals surface area contributed by atoms with Gasteiger partial charge in [0.25, 0.3) is 5.56 Å². The predicted octanol–water partition coefficient (Wildman–Crippen LogP) is 8.52. The minimum absolute atomic E-state index is 0.0200. The lowest BCUT2D eigenvalue weighted by Crippen LogP contribution is -2.39. The molecule has 2 N–H and O–H groups in total. The Balaban J connectivity index is 1.33. The molecule has 0 atom stereocenters. The van der Waals surface area contributed by atoms with Crippen molar-refractivity contribution in [3.05, 3.63) is 133 Å². The van der Waals surface area contributed by atoms with Gasteiger partial charge in [0.05, 0.1) is 17.9 Å². The summed E-state index contributed by atoms with van der Waals surface area (Å²) < 4.78 is 21.9. The molecule has 15 heteroatoms. The van der Waals surface area contributed by atoms with Crippen molar-refractivity contribution in [1.29, 1.82) is 0 Å².